The number of carbonyl (C=O) groups is 1. The van der Waals surface area contributed by atoms with Gasteiger partial charge >= 0.3 is 0 Å². The molecule has 0 spiro atoms. The van der Waals surface area contributed by atoms with Crippen LogP contribution in [0.4, 0.5) is 5.69 Å². The predicted molar refractivity (Wildman–Crippen MR) is 67.3 cm³/mol. The van der Waals surface area contributed by atoms with Crippen molar-refractivity contribution in [2.75, 3.05) is 19.0 Å². The summed E-state index contributed by atoms with van der Waals surface area (Å²) >= 11 is 0. The second-order valence-corrected chi connectivity index (χ2v) is 4.15. The van der Waals surface area contributed by atoms with Gasteiger partial charge in [0.25, 0.3) is 0 Å². The van der Waals surface area contributed by atoms with Gasteiger partial charge in [0.2, 0.25) is 5.91 Å². The highest BCUT2D eigenvalue weighted by molar-refractivity contribution is 5.93. The molecule has 94 valence electrons. The van der Waals surface area contributed by atoms with Crippen molar-refractivity contribution in [3.05, 3.63) is 23.8 Å². The Labute approximate surface area is 106 Å². The van der Waals surface area contributed by atoms with Crippen LogP contribution in [-0.4, -0.2) is 25.6 Å². The van der Waals surface area contributed by atoms with Gasteiger partial charge in [-0.1, -0.05) is 0 Å². The van der Waals surface area contributed by atoms with E-state index in [9.17, 15) is 4.79 Å². The van der Waals surface area contributed by atoms with Gasteiger partial charge < -0.3 is 15.4 Å². The smallest absolute Gasteiger partial charge is 0.224 e. The molecule has 0 fully saturated rings. The lowest BCUT2D eigenvalue weighted by molar-refractivity contribution is -0.116. The number of rotatable bonds is 4. The highest BCUT2D eigenvalue weighted by atomic mass is 16.5. The van der Waals surface area contributed by atoms with Crippen LogP contribution in [0.1, 0.15) is 12.0 Å². The quantitative estimate of drug-likeness (QED) is 0.832. The number of carbonyl (C=O) groups excluding carboxylic acids is 1. The third kappa shape index (κ3) is 2.79. The maximum Gasteiger partial charge on any atom is 0.224 e. The standard InChI is InChI=1S/C13H15N3O2/c1-15-10(7-14)8-18-11-3-4-12-9(6-11)2-5-13(17)16-12/h3-4,6,10,15H,2,5,8H2,1H3,(H,16,17). The molecule has 0 saturated carbocycles. The molecule has 0 radical (unpaired) electrons. The maximum absolute atomic E-state index is 11.2. The number of benzene rings is 1. The second kappa shape index (κ2) is 5.52. The van der Waals surface area contributed by atoms with E-state index in [2.05, 4.69) is 16.7 Å². The predicted octanol–water partition coefficient (Wildman–Crippen LogP) is 1.06. The molecule has 0 saturated heterocycles. The van der Waals surface area contributed by atoms with Gasteiger partial charge in [-0.3, -0.25) is 4.79 Å². The maximum atomic E-state index is 11.2. The summed E-state index contributed by atoms with van der Waals surface area (Å²) < 4.78 is 5.55. The van der Waals surface area contributed by atoms with Crippen LogP contribution in [0, 0.1) is 11.3 Å². The Hall–Kier alpha value is -2.06. The summed E-state index contributed by atoms with van der Waals surface area (Å²) in [5.74, 6) is 0.774. The van der Waals surface area contributed by atoms with Crippen molar-refractivity contribution in [2.45, 2.75) is 18.9 Å². The van der Waals surface area contributed by atoms with E-state index in [0.29, 0.717) is 13.0 Å². The number of ether oxygens (including phenoxy) is 1. The Kier molecular flexibility index (Phi) is 3.80. The summed E-state index contributed by atoms with van der Waals surface area (Å²) in [7, 11) is 1.72. The number of anilines is 1. The molecule has 18 heavy (non-hydrogen) atoms. The van der Waals surface area contributed by atoms with Gasteiger partial charge in [-0.05, 0) is 37.2 Å². The molecule has 1 aromatic rings. The van der Waals surface area contributed by atoms with Gasteiger partial charge in [-0.25, -0.2) is 0 Å². The van der Waals surface area contributed by atoms with Crippen molar-refractivity contribution < 1.29 is 9.53 Å². The van der Waals surface area contributed by atoms with Crippen molar-refractivity contribution in [1.29, 1.82) is 5.26 Å². The summed E-state index contributed by atoms with van der Waals surface area (Å²) in [5.41, 5.74) is 1.93. The van der Waals surface area contributed by atoms with E-state index >= 15 is 0 Å². The lowest BCUT2D eigenvalue weighted by atomic mass is 10.0. The first-order valence-electron chi connectivity index (χ1n) is 5.85. The third-order valence-corrected chi connectivity index (χ3v) is 2.89. The fourth-order valence-electron chi connectivity index (χ4n) is 1.81. The molecule has 2 N–H and O–H groups in total. The Balaban J connectivity index is 2.03. The molecule has 1 aromatic carbocycles. The topological polar surface area (TPSA) is 74.1 Å². The minimum atomic E-state index is -0.319. The number of nitrogens with zero attached hydrogens (tertiary/aromatic N) is 1. The fraction of sp³-hybridized carbons (Fsp3) is 0.385. The highest BCUT2D eigenvalue weighted by Crippen LogP contribution is 2.26. The number of likely N-dealkylation sites (N-methyl/N-ethyl adjacent to an activating group) is 1. The summed E-state index contributed by atoms with van der Waals surface area (Å²) in [6.07, 6.45) is 1.24. The van der Waals surface area contributed by atoms with Crippen LogP contribution >= 0.6 is 0 Å². The first kappa shape index (κ1) is 12.4. The van der Waals surface area contributed by atoms with E-state index in [-0.39, 0.29) is 11.9 Å². The van der Waals surface area contributed by atoms with E-state index in [1.165, 1.54) is 0 Å². The van der Waals surface area contributed by atoms with E-state index < -0.39 is 0 Å². The molecule has 1 atom stereocenters. The zero-order valence-electron chi connectivity index (χ0n) is 10.2. The van der Waals surface area contributed by atoms with Crippen molar-refractivity contribution in [2.24, 2.45) is 0 Å². The van der Waals surface area contributed by atoms with Crippen LogP contribution in [0.3, 0.4) is 0 Å². The molecule has 1 aliphatic heterocycles. The minimum absolute atomic E-state index is 0.0518. The highest BCUT2D eigenvalue weighted by Gasteiger charge is 2.15. The summed E-state index contributed by atoms with van der Waals surface area (Å²) in [5, 5.41) is 14.4. The van der Waals surface area contributed by atoms with E-state index in [0.717, 1.165) is 23.4 Å². The Morgan fingerprint density at radius 3 is 3.11 bits per heavy atom. The molecule has 1 heterocycles. The fourth-order valence-corrected chi connectivity index (χ4v) is 1.81. The van der Waals surface area contributed by atoms with Crippen LogP contribution in [-0.2, 0) is 11.2 Å². The first-order valence-corrected chi connectivity index (χ1v) is 5.85. The lowest BCUT2D eigenvalue weighted by Gasteiger charge is -2.18. The van der Waals surface area contributed by atoms with Crippen LogP contribution in [0.15, 0.2) is 18.2 Å². The van der Waals surface area contributed by atoms with Crippen molar-refractivity contribution in [3.63, 3.8) is 0 Å². The Morgan fingerprint density at radius 1 is 1.56 bits per heavy atom. The van der Waals surface area contributed by atoms with Crippen LogP contribution < -0.4 is 15.4 Å². The van der Waals surface area contributed by atoms with Crippen molar-refractivity contribution in [3.8, 4) is 11.8 Å². The number of hydrogen-bond donors (Lipinski definition) is 2. The largest absolute Gasteiger partial charge is 0.491 e. The average Bonchev–Trinajstić information content (AvgIpc) is 2.40. The van der Waals surface area contributed by atoms with E-state index in [4.69, 9.17) is 10.00 Å². The number of fused-ring (bicyclic) bond motifs is 1. The first-order chi connectivity index (χ1) is 8.72. The zero-order chi connectivity index (χ0) is 13.0. The van der Waals surface area contributed by atoms with Gasteiger partial charge in [0, 0.05) is 12.1 Å². The van der Waals surface area contributed by atoms with Crippen molar-refractivity contribution >= 4 is 11.6 Å². The molecule has 1 unspecified atom stereocenters. The molecular weight excluding hydrogens is 230 g/mol. The lowest BCUT2D eigenvalue weighted by Crippen LogP contribution is -2.29. The van der Waals surface area contributed by atoms with Gasteiger partial charge in [0.05, 0.1) is 6.07 Å². The summed E-state index contributed by atoms with van der Waals surface area (Å²) in [6.45, 7) is 0.304. The van der Waals surface area contributed by atoms with Crippen LogP contribution in [0.5, 0.6) is 5.75 Å². The molecule has 0 aromatic heterocycles. The average molecular weight is 245 g/mol. The summed E-state index contributed by atoms with van der Waals surface area (Å²) in [4.78, 5) is 11.2. The number of aryl methyl sites for hydroxylation is 1. The molecule has 2 rings (SSSR count). The molecule has 5 nitrogen and oxygen atoms in total. The van der Waals surface area contributed by atoms with Gasteiger partial charge in [0.1, 0.15) is 18.4 Å². The summed E-state index contributed by atoms with van der Waals surface area (Å²) in [6, 6.07) is 7.33. The monoisotopic (exact) mass is 245 g/mol. The van der Waals surface area contributed by atoms with Crippen molar-refractivity contribution in [1.82, 2.24) is 5.32 Å². The molecule has 1 amide bonds. The molecule has 1 aliphatic rings. The van der Waals surface area contributed by atoms with Gasteiger partial charge in [-0.15, -0.1) is 0 Å². The minimum Gasteiger partial charge on any atom is -0.491 e. The number of amides is 1. The SMILES string of the molecule is CNC(C#N)COc1ccc2c(c1)CCC(=O)N2. The molecule has 0 bridgehead atoms. The molecule has 0 aliphatic carbocycles. The molecular formula is C13H15N3O2. The normalized spacial score (nSPS) is 15.2. The van der Waals surface area contributed by atoms with E-state index in [1.54, 1.807) is 13.1 Å². The number of hydrogen-bond acceptors (Lipinski definition) is 4. The Morgan fingerprint density at radius 2 is 2.39 bits per heavy atom. The molecule has 5 heteroatoms. The number of nitriles is 1. The van der Waals surface area contributed by atoms with Gasteiger partial charge in [-0.2, -0.15) is 5.26 Å². The number of nitrogens with one attached hydrogen (secondary N) is 2. The van der Waals surface area contributed by atoms with E-state index in [1.807, 2.05) is 12.1 Å². The Bertz CT molecular complexity index is 493. The van der Waals surface area contributed by atoms with Crippen LogP contribution in [0.25, 0.3) is 0 Å². The van der Waals surface area contributed by atoms with Gasteiger partial charge in [0.15, 0.2) is 0 Å². The third-order valence-electron chi connectivity index (χ3n) is 2.89. The zero-order valence-corrected chi connectivity index (χ0v) is 10.2. The second-order valence-electron chi connectivity index (χ2n) is 4.15. The van der Waals surface area contributed by atoms with Crippen LogP contribution in [0.2, 0.25) is 0 Å².